The maximum atomic E-state index is 12.0. The molecule has 1 saturated heterocycles. The van der Waals surface area contributed by atoms with Gasteiger partial charge in [-0.25, -0.2) is 4.98 Å². The van der Waals surface area contributed by atoms with Gasteiger partial charge in [0.1, 0.15) is 4.60 Å². The SMILES string of the molecule is O=C(COc1cccnc1Br)N1CCCCCC1. The molecule has 1 aromatic rings. The molecule has 0 unspecified atom stereocenters. The Morgan fingerprint density at radius 1 is 1.33 bits per heavy atom. The van der Waals surface area contributed by atoms with Crippen molar-refractivity contribution in [2.45, 2.75) is 25.7 Å². The second kappa shape index (κ2) is 6.73. The first-order valence-electron chi connectivity index (χ1n) is 6.28. The molecule has 5 heteroatoms. The highest BCUT2D eigenvalue weighted by Gasteiger charge is 2.16. The van der Waals surface area contributed by atoms with Crippen LogP contribution in [0, 0.1) is 0 Å². The van der Waals surface area contributed by atoms with Gasteiger partial charge < -0.3 is 9.64 Å². The highest BCUT2D eigenvalue weighted by Crippen LogP contribution is 2.21. The quantitative estimate of drug-likeness (QED) is 0.806. The molecule has 0 bridgehead atoms. The number of nitrogens with zero attached hydrogens (tertiary/aromatic N) is 2. The van der Waals surface area contributed by atoms with E-state index in [0.717, 1.165) is 25.9 Å². The Kier molecular flexibility index (Phi) is 4.99. The summed E-state index contributed by atoms with van der Waals surface area (Å²) in [6.45, 7) is 1.80. The third kappa shape index (κ3) is 3.70. The van der Waals surface area contributed by atoms with Crippen LogP contribution in [0.15, 0.2) is 22.9 Å². The van der Waals surface area contributed by atoms with Crippen LogP contribution in [0.4, 0.5) is 0 Å². The van der Waals surface area contributed by atoms with Gasteiger partial charge in [0.05, 0.1) is 0 Å². The number of hydrogen-bond donors (Lipinski definition) is 0. The Hall–Kier alpha value is -1.10. The summed E-state index contributed by atoms with van der Waals surface area (Å²) in [5, 5.41) is 0. The molecular weight excluding hydrogens is 296 g/mol. The summed E-state index contributed by atoms with van der Waals surface area (Å²) >= 11 is 3.29. The van der Waals surface area contributed by atoms with Crippen LogP contribution in [0.1, 0.15) is 25.7 Å². The van der Waals surface area contributed by atoms with Crippen LogP contribution < -0.4 is 4.74 Å². The van der Waals surface area contributed by atoms with E-state index in [-0.39, 0.29) is 12.5 Å². The molecule has 1 aromatic heterocycles. The fourth-order valence-electron chi connectivity index (χ4n) is 2.03. The smallest absolute Gasteiger partial charge is 0.260 e. The highest BCUT2D eigenvalue weighted by atomic mass is 79.9. The lowest BCUT2D eigenvalue weighted by Crippen LogP contribution is -2.35. The van der Waals surface area contributed by atoms with E-state index in [1.54, 1.807) is 18.3 Å². The van der Waals surface area contributed by atoms with Crippen LogP contribution in [-0.2, 0) is 4.79 Å². The van der Waals surface area contributed by atoms with Crippen molar-refractivity contribution in [2.75, 3.05) is 19.7 Å². The molecule has 1 aliphatic heterocycles. The Labute approximate surface area is 115 Å². The fourth-order valence-corrected chi connectivity index (χ4v) is 2.39. The monoisotopic (exact) mass is 312 g/mol. The molecule has 0 N–H and O–H groups in total. The average Bonchev–Trinajstić information content (AvgIpc) is 2.66. The molecule has 98 valence electrons. The second-order valence-electron chi connectivity index (χ2n) is 4.38. The molecular formula is C13H17BrN2O2. The molecule has 0 radical (unpaired) electrons. The Morgan fingerprint density at radius 2 is 2.06 bits per heavy atom. The summed E-state index contributed by atoms with van der Waals surface area (Å²) in [5.74, 6) is 0.674. The van der Waals surface area contributed by atoms with Crippen LogP contribution in [0.3, 0.4) is 0 Å². The minimum Gasteiger partial charge on any atom is -0.481 e. The third-order valence-electron chi connectivity index (χ3n) is 3.03. The summed E-state index contributed by atoms with van der Waals surface area (Å²) in [5.41, 5.74) is 0. The topological polar surface area (TPSA) is 42.4 Å². The molecule has 0 spiro atoms. The summed E-state index contributed by atoms with van der Waals surface area (Å²) in [6.07, 6.45) is 6.32. The first kappa shape index (κ1) is 13.3. The first-order chi connectivity index (χ1) is 8.77. The Morgan fingerprint density at radius 3 is 2.72 bits per heavy atom. The number of carbonyl (C=O) groups excluding carboxylic acids is 1. The summed E-state index contributed by atoms with van der Waals surface area (Å²) in [7, 11) is 0. The zero-order chi connectivity index (χ0) is 12.8. The maximum Gasteiger partial charge on any atom is 0.260 e. The first-order valence-corrected chi connectivity index (χ1v) is 7.08. The van der Waals surface area contributed by atoms with Crippen molar-refractivity contribution in [1.29, 1.82) is 0 Å². The number of carbonyl (C=O) groups is 1. The second-order valence-corrected chi connectivity index (χ2v) is 5.13. The number of hydrogen-bond acceptors (Lipinski definition) is 3. The van der Waals surface area contributed by atoms with Crippen LogP contribution in [0.5, 0.6) is 5.75 Å². The standard InChI is InChI=1S/C13H17BrN2O2/c14-13-11(6-5-7-15-13)18-10-12(17)16-8-3-1-2-4-9-16/h5-7H,1-4,8-10H2. The Balaban J connectivity index is 1.86. The van der Waals surface area contributed by atoms with Crippen molar-refractivity contribution in [3.05, 3.63) is 22.9 Å². The van der Waals surface area contributed by atoms with E-state index < -0.39 is 0 Å². The number of amides is 1. The van der Waals surface area contributed by atoms with Crippen LogP contribution in [0.25, 0.3) is 0 Å². The predicted octanol–water partition coefficient (Wildman–Crippen LogP) is 2.63. The summed E-state index contributed by atoms with van der Waals surface area (Å²) < 4.78 is 6.13. The van der Waals surface area contributed by atoms with Crippen LogP contribution >= 0.6 is 15.9 Å². The van der Waals surface area contributed by atoms with Crippen LogP contribution in [0.2, 0.25) is 0 Å². The van der Waals surface area contributed by atoms with Gasteiger partial charge in [0.2, 0.25) is 0 Å². The van der Waals surface area contributed by atoms with E-state index in [9.17, 15) is 4.79 Å². The number of halogens is 1. The number of ether oxygens (including phenoxy) is 1. The molecule has 1 aliphatic rings. The lowest BCUT2D eigenvalue weighted by molar-refractivity contribution is -0.133. The zero-order valence-electron chi connectivity index (χ0n) is 10.3. The lowest BCUT2D eigenvalue weighted by atomic mass is 10.2. The maximum absolute atomic E-state index is 12.0. The molecule has 0 aliphatic carbocycles. The largest absolute Gasteiger partial charge is 0.481 e. The predicted molar refractivity (Wildman–Crippen MR) is 72.5 cm³/mol. The van der Waals surface area contributed by atoms with E-state index in [0.29, 0.717) is 10.4 Å². The van der Waals surface area contributed by atoms with Gasteiger partial charge in [0.15, 0.2) is 12.4 Å². The zero-order valence-corrected chi connectivity index (χ0v) is 11.9. The molecule has 0 saturated carbocycles. The van der Waals surface area contributed by atoms with Gasteiger partial charge >= 0.3 is 0 Å². The molecule has 0 atom stereocenters. The van der Waals surface area contributed by atoms with Gasteiger partial charge in [0, 0.05) is 19.3 Å². The van der Waals surface area contributed by atoms with Gasteiger partial charge in [-0.3, -0.25) is 4.79 Å². The van der Waals surface area contributed by atoms with Gasteiger partial charge in [-0.2, -0.15) is 0 Å². The molecule has 2 heterocycles. The lowest BCUT2D eigenvalue weighted by Gasteiger charge is -2.20. The average molecular weight is 313 g/mol. The summed E-state index contributed by atoms with van der Waals surface area (Å²) in [6, 6.07) is 3.59. The van der Waals surface area contributed by atoms with E-state index >= 15 is 0 Å². The number of rotatable bonds is 3. The number of aromatic nitrogens is 1. The third-order valence-corrected chi connectivity index (χ3v) is 3.63. The minimum atomic E-state index is 0.0626. The molecule has 1 amide bonds. The normalized spacial score (nSPS) is 16.2. The molecule has 18 heavy (non-hydrogen) atoms. The number of likely N-dealkylation sites (tertiary alicyclic amines) is 1. The Bertz CT molecular complexity index is 404. The number of pyridine rings is 1. The van der Waals surface area contributed by atoms with E-state index in [1.165, 1.54) is 12.8 Å². The van der Waals surface area contributed by atoms with Crippen molar-refractivity contribution in [2.24, 2.45) is 0 Å². The van der Waals surface area contributed by atoms with Crippen LogP contribution in [-0.4, -0.2) is 35.5 Å². The fraction of sp³-hybridized carbons (Fsp3) is 0.538. The highest BCUT2D eigenvalue weighted by molar-refractivity contribution is 9.10. The van der Waals surface area contributed by atoms with Gasteiger partial charge in [-0.15, -0.1) is 0 Å². The van der Waals surface area contributed by atoms with E-state index in [1.807, 2.05) is 4.90 Å². The van der Waals surface area contributed by atoms with Gasteiger partial charge in [-0.1, -0.05) is 12.8 Å². The van der Waals surface area contributed by atoms with Crippen molar-refractivity contribution in [3.63, 3.8) is 0 Å². The minimum absolute atomic E-state index is 0.0626. The van der Waals surface area contributed by atoms with Crippen molar-refractivity contribution in [3.8, 4) is 5.75 Å². The molecule has 1 fully saturated rings. The van der Waals surface area contributed by atoms with Crippen molar-refractivity contribution >= 4 is 21.8 Å². The van der Waals surface area contributed by atoms with Crippen molar-refractivity contribution < 1.29 is 9.53 Å². The van der Waals surface area contributed by atoms with E-state index in [2.05, 4.69) is 20.9 Å². The summed E-state index contributed by atoms with van der Waals surface area (Å²) in [4.78, 5) is 18.0. The van der Waals surface area contributed by atoms with Gasteiger partial charge in [-0.05, 0) is 40.9 Å². The molecule has 2 rings (SSSR count). The molecule has 0 aromatic carbocycles. The van der Waals surface area contributed by atoms with Gasteiger partial charge in [0.25, 0.3) is 5.91 Å². The van der Waals surface area contributed by atoms with Crippen molar-refractivity contribution in [1.82, 2.24) is 9.88 Å². The van der Waals surface area contributed by atoms with E-state index in [4.69, 9.17) is 4.74 Å². The molecule has 4 nitrogen and oxygen atoms in total.